The first-order valence-corrected chi connectivity index (χ1v) is 9.52. The summed E-state index contributed by atoms with van der Waals surface area (Å²) in [6.07, 6.45) is 3.32. The van der Waals surface area contributed by atoms with Crippen LogP contribution < -0.4 is 10.1 Å². The molecule has 0 bridgehead atoms. The number of benzene rings is 1. The minimum Gasteiger partial charge on any atom is -0.495 e. The Bertz CT molecular complexity index is 716. The van der Waals surface area contributed by atoms with Gasteiger partial charge in [-0.05, 0) is 52.5 Å². The number of rotatable bonds is 4. The van der Waals surface area contributed by atoms with Crippen molar-refractivity contribution in [1.82, 2.24) is 4.90 Å². The lowest BCUT2D eigenvalue weighted by atomic mass is 9.90. The standard InChI is InChI=1S/C20H28ClN3O3/c1-20(2,3)27-19(25)24(4)15-8-6-14(7-9-15)23-17-11-18(26-5)13(12-22)10-16(17)21/h10-11,14-15,23H,6-9H2,1-5H3. The van der Waals surface area contributed by atoms with E-state index >= 15 is 0 Å². The van der Waals surface area contributed by atoms with Gasteiger partial charge in [0.25, 0.3) is 0 Å². The smallest absolute Gasteiger partial charge is 0.410 e. The van der Waals surface area contributed by atoms with Crippen LogP contribution in [0.15, 0.2) is 12.1 Å². The van der Waals surface area contributed by atoms with Crippen LogP contribution in [0.1, 0.15) is 52.0 Å². The summed E-state index contributed by atoms with van der Waals surface area (Å²) in [7, 11) is 3.33. The van der Waals surface area contributed by atoms with E-state index in [-0.39, 0.29) is 18.2 Å². The van der Waals surface area contributed by atoms with Crippen LogP contribution in [-0.4, -0.2) is 42.8 Å². The maximum absolute atomic E-state index is 12.2. The van der Waals surface area contributed by atoms with Crippen LogP contribution in [-0.2, 0) is 4.74 Å². The average Bonchev–Trinajstić information content (AvgIpc) is 2.61. The zero-order valence-electron chi connectivity index (χ0n) is 16.6. The Morgan fingerprint density at radius 1 is 1.30 bits per heavy atom. The minimum atomic E-state index is -0.491. The molecule has 1 saturated carbocycles. The second-order valence-electron chi connectivity index (χ2n) is 7.89. The number of hydrogen-bond acceptors (Lipinski definition) is 5. The highest BCUT2D eigenvalue weighted by Crippen LogP contribution is 2.33. The lowest BCUT2D eigenvalue weighted by molar-refractivity contribution is 0.0185. The van der Waals surface area contributed by atoms with Crippen molar-refractivity contribution < 1.29 is 14.3 Å². The first-order chi connectivity index (χ1) is 12.6. The molecule has 2 rings (SSSR count). The van der Waals surface area contributed by atoms with Gasteiger partial charge in [-0.3, -0.25) is 0 Å². The molecule has 1 fully saturated rings. The summed E-state index contributed by atoms with van der Waals surface area (Å²) in [4.78, 5) is 13.9. The van der Waals surface area contributed by atoms with Gasteiger partial charge >= 0.3 is 6.09 Å². The molecular formula is C20H28ClN3O3. The zero-order valence-corrected chi connectivity index (χ0v) is 17.4. The van der Waals surface area contributed by atoms with Crippen molar-refractivity contribution in [3.8, 4) is 11.8 Å². The number of anilines is 1. The number of nitrogens with one attached hydrogen (secondary N) is 1. The molecule has 1 aromatic rings. The number of hydrogen-bond donors (Lipinski definition) is 1. The molecule has 1 aromatic carbocycles. The third-order valence-corrected chi connectivity index (χ3v) is 5.01. The number of nitrogens with zero attached hydrogens (tertiary/aromatic N) is 2. The Hall–Kier alpha value is -2.13. The lowest BCUT2D eigenvalue weighted by Crippen LogP contribution is -2.43. The Kier molecular flexibility index (Phi) is 6.83. The zero-order chi connectivity index (χ0) is 20.2. The van der Waals surface area contributed by atoms with Crippen molar-refractivity contribution in [3.63, 3.8) is 0 Å². The topological polar surface area (TPSA) is 74.6 Å². The van der Waals surface area contributed by atoms with E-state index in [0.717, 1.165) is 31.4 Å². The summed E-state index contributed by atoms with van der Waals surface area (Å²) in [6.45, 7) is 5.61. The summed E-state index contributed by atoms with van der Waals surface area (Å²) in [5.41, 5.74) is 0.683. The summed E-state index contributed by atoms with van der Waals surface area (Å²) in [6, 6.07) is 5.88. The van der Waals surface area contributed by atoms with E-state index in [1.807, 2.05) is 20.8 Å². The first kappa shape index (κ1) is 21.2. The van der Waals surface area contributed by atoms with Gasteiger partial charge < -0.3 is 19.7 Å². The maximum Gasteiger partial charge on any atom is 0.410 e. The Morgan fingerprint density at radius 2 is 1.93 bits per heavy atom. The van der Waals surface area contributed by atoms with E-state index in [9.17, 15) is 4.79 Å². The minimum absolute atomic E-state index is 0.170. The van der Waals surface area contributed by atoms with Crippen molar-refractivity contribution in [2.75, 3.05) is 19.5 Å². The monoisotopic (exact) mass is 393 g/mol. The molecule has 0 spiro atoms. The normalized spacial score (nSPS) is 19.7. The summed E-state index contributed by atoms with van der Waals surface area (Å²) in [5, 5.41) is 13.1. The molecule has 27 heavy (non-hydrogen) atoms. The van der Waals surface area contributed by atoms with Gasteiger partial charge in [-0.15, -0.1) is 0 Å². The Balaban J connectivity index is 1.95. The van der Waals surface area contributed by atoms with Gasteiger partial charge in [0, 0.05) is 25.2 Å². The fourth-order valence-corrected chi connectivity index (χ4v) is 3.45. The number of carbonyl (C=O) groups excluding carboxylic acids is 1. The molecule has 7 heteroatoms. The highest BCUT2D eigenvalue weighted by Gasteiger charge is 2.29. The van der Waals surface area contributed by atoms with E-state index in [2.05, 4.69) is 11.4 Å². The van der Waals surface area contributed by atoms with Crippen molar-refractivity contribution in [2.24, 2.45) is 0 Å². The molecule has 0 aliphatic heterocycles. The molecule has 0 aromatic heterocycles. The summed E-state index contributed by atoms with van der Waals surface area (Å²) >= 11 is 6.30. The van der Waals surface area contributed by atoms with E-state index < -0.39 is 5.60 Å². The van der Waals surface area contributed by atoms with E-state index in [4.69, 9.17) is 26.3 Å². The predicted octanol–water partition coefficient (Wildman–Crippen LogP) is 4.81. The van der Waals surface area contributed by atoms with Crippen molar-refractivity contribution in [2.45, 2.75) is 64.1 Å². The van der Waals surface area contributed by atoms with Crippen LogP contribution in [0.5, 0.6) is 5.75 Å². The number of methoxy groups -OCH3 is 1. The quantitative estimate of drug-likeness (QED) is 0.794. The van der Waals surface area contributed by atoms with Gasteiger partial charge in [-0.2, -0.15) is 5.26 Å². The van der Waals surface area contributed by atoms with Crippen molar-refractivity contribution in [1.29, 1.82) is 5.26 Å². The molecule has 1 aliphatic carbocycles. The van der Waals surface area contributed by atoms with Gasteiger partial charge in [0.2, 0.25) is 0 Å². The van der Waals surface area contributed by atoms with Crippen LogP contribution in [0.4, 0.5) is 10.5 Å². The third kappa shape index (κ3) is 5.67. The fraction of sp³-hybridized carbons (Fsp3) is 0.600. The van der Waals surface area contributed by atoms with E-state index in [0.29, 0.717) is 16.3 Å². The highest BCUT2D eigenvalue weighted by atomic mass is 35.5. The Morgan fingerprint density at radius 3 is 2.44 bits per heavy atom. The van der Waals surface area contributed by atoms with Crippen LogP contribution in [0.2, 0.25) is 5.02 Å². The third-order valence-electron chi connectivity index (χ3n) is 4.70. The molecule has 1 amide bonds. The number of carbonyl (C=O) groups is 1. The number of amides is 1. The molecule has 1 aliphatic rings. The van der Waals surface area contributed by atoms with Crippen molar-refractivity contribution in [3.05, 3.63) is 22.7 Å². The van der Waals surface area contributed by atoms with Gasteiger partial charge in [0.05, 0.1) is 23.4 Å². The molecule has 6 nitrogen and oxygen atoms in total. The molecule has 0 unspecified atom stereocenters. The first-order valence-electron chi connectivity index (χ1n) is 9.14. The maximum atomic E-state index is 12.2. The summed E-state index contributed by atoms with van der Waals surface area (Å²) in [5.74, 6) is 0.503. The van der Waals surface area contributed by atoms with Crippen LogP contribution >= 0.6 is 11.6 Å². The van der Waals surface area contributed by atoms with E-state index in [1.54, 1.807) is 24.1 Å². The van der Waals surface area contributed by atoms with E-state index in [1.165, 1.54) is 7.11 Å². The second kappa shape index (κ2) is 8.71. The molecule has 1 N–H and O–H groups in total. The fourth-order valence-electron chi connectivity index (χ4n) is 3.23. The van der Waals surface area contributed by atoms with Gasteiger partial charge in [0.1, 0.15) is 17.4 Å². The molecule has 0 heterocycles. The SMILES string of the molecule is COc1cc(NC2CCC(N(C)C(=O)OC(C)(C)C)CC2)c(Cl)cc1C#N. The average molecular weight is 394 g/mol. The molecular weight excluding hydrogens is 366 g/mol. The Labute approximate surface area is 166 Å². The van der Waals surface area contributed by atoms with Crippen LogP contribution in [0.25, 0.3) is 0 Å². The second-order valence-corrected chi connectivity index (χ2v) is 8.29. The number of nitriles is 1. The predicted molar refractivity (Wildman–Crippen MR) is 106 cm³/mol. The summed E-state index contributed by atoms with van der Waals surface area (Å²) < 4.78 is 10.7. The molecule has 0 radical (unpaired) electrons. The molecule has 0 atom stereocenters. The molecule has 0 saturated heterocycles. The van der Waals surface area contributed by atoms with Gasteiger partial charge in [-0.25, -0.2) is 4.79 Å². The van der Waals surface area contributed by atoms with Gasteiger partial charge in [0.15, 0.2) is 0 Å². The number of halogens is 1. The largest absolute Gasteiger partial charge is 0.495 e. The van der Waals surface area contributed by atoms with Crippen molar-refractivity contribution >= 4 is 23.4 Å². The van der Waals surface area contributed by atoms with Gasteiger partial charge in [-0.1, -0.05) is 11.6 Å². The highest BCUT2D eigenvalue weighted by molar-refractivity contribution is 6.33. The number of ether oxygens (including phenoxy) is 2. The lowest BCUT2D eigenvalue weighted by Gasteiger charge is -2.36. The van der Waals surface area contributed by atoms with Crippen LogP contribution in [0.3, 0.4) is 0 Å². The molecule has 148 valence electrons. The van der Waals surface area contributed by atoms with Crippen LogP contribution in [0, 0.1) is 11.3 Å².